The highest BCUT2D eigenvalue weighted by molar-refractivity contribution is 6.04. The van der Waals surface area contributed by atoms with Crippen molar-refractivity contribution in [2.75, 3.05) is 17.7 Å². The predicted octanol–water partition coefficient (Wildman–Crippen LogP) is 2.65. The Morgan fingerprint density at radius 1 is 1.26 bits per heavy atom. The number of rotatable bonds is 3. The average molecular weight is 263 g/mol. The minimum absolute atomic E-state index is 0.0992. The van der Waals surface area contributed by atoms with Crippen LogP contribution in [-0.4, -0.2) is 17.9 Å². The third kappa shape index (κ3) is 2.85. The largest absolute Gasteiger partial charge is 0.383 e. The van der Waals surface area contributed by atoms with Crippen LogP contribution in [0.5, 0.6) is 0 Å². The van der Waals surface area contributed by atoms with Crippen molar-refractivity contribution in [2.24, 2.45) is 0 Å². The number of benzene rings is 1. The van der Waals surface area contributed by atoms with Gasteiger partial charge in [0.25, 0.3) is 5.91 Å². The topological polar surface area (TPSA) is 54.0 Å². The van der Waals surface area contributed by atoms with Crippen LogP contribution in [0.4, 0.5) is 20.2 Å². The summed E-state index contributed by atoms with van der Waals surface area (Å²) in [7, 11) is 1.40. The number of nitrogens with zero attached hydrogens (tertiary/aromatic N) is 1. The van der Waals surface area contributed by atoms with Gasteiger partial charge in [-0.2, -0.15) is 0 Å². The average Bonchev–Trinajstić information content (AvgIpc) is 2.39. The summed E-state index contributed by atoms with van der Waals surface area (Å²) in [5, 5.41) is 4.88. The molecule has 0 aliphatic carbocycles. The molecule has 0 aliphatic heterocycles. The molecule has 0 aliphatic rings. The Bertz CT molecular complexity index is 579. The molecular weight excluding hydrogens is 252 g/mol. The fourth-order valence-electron chi connectivity index (χ4n) is 1.58. The summed E-state index contributed by atoms with van der Waals surface area (Å²) in [5.74, 6) is -2.24. The van der Waals surface area contributed by atoms with E-state index in [9.17, 15) is 13.6 Å². The molecule has 6 heteroatoms. The van der Waals surface area contributed by atoms with Crippen LogP contribution >= 0.6 is 0 Å². The lowest BCUT2D eigenvalue weighted by atomic mass is 10.1. The van der Waals surface area contributed by atoms with Crippen molar-refractivity contribution in [3.8, 4) is 0 Å². The van der Waals surface area contributed by atoms with E-state index in [-0.39, 0.29) is 11.3 Å². The number of aromatic nitrogens is 1. The highest BCUT2D eigenvalue weighted by Gasteiger charge is 2.14. The normalized spacial score (nSPS) is 10.1. The zero-order valence-corrected chi connectivity index (χ0v) is 10.1. The maximum Gasteiger partial charge on any atom is 0.255 e. The lowest BCUT2D eigenvalue weighted by Gasteiger charge is -2.08. The van der Waals surface area contributed by atoms with E-state index >= 15 is 0 Å². The summed E-state index contributed by atoms with van der Waals surface area (Å²) in [5.41, 5.74) is 0.0850. The van der Waals surface area contributed by atoms with E-state index in [0.29, 0.717) is 5.69 Å². The monoisotopic (exact) mass is 263 g/mol. The highest BCUT2D eigenvalue weighted by Crippen LogP contribution is 2.20. The molecule has 0 fully saturated rings. The molecule has 2 N–H and O–H groups in total. The standard InChI is InChI=1S/C13H11F2N3O/c1-16-12-10(14)5-8(6-11(12)15)13(19)18-9-3-2-4-17-7-9/h2-7,16H,1H3,(H,18,19). The summed E-state index contributed by atoms with van der Waals surface area (Å²) in [6.45, 7) is 0. The minimum atomic E-state index is -0.821. The Hall–Kier alpha value is -2.50. The molecule has 98 valence electrons. The van der Waals surface area contributed by atoms with E-state index in [0.717, 1.165) is 12.1 Å². The molecule has 0 unspecified atom stereocenters. The fraction of sp³-hybridized carbons (Fsp3) is 0.0769. The van der Waals surface area contributed by atoms with Gasteiger partial charge >= 0.3 is 0 Å². The third-order valence-corrected chi connectivity index (χ3v) is 2.47. The number of halogens is 2. The van der Waals surface area contributed by atoms with Crippen molar-refractivity contribution in [3.05, 3.63) is 53.9 Å². The van der Waals surface area contributed by atoms with E-state index in [1.54, 1.807) is 18.3 Å². The van der Waals surface area contributed by atoms with Crippen molar-refractivity contribution in [1.29, 1.82) is 0 Å². The van der Waals surface area contributed by atoms with Crippen molar-refractivity contribution in [3.63, 3.8) is 0 Å². The molecule has 1 aromatic heterocycles. The zero-order chi connectivity index (χ0) is 13.8. The van der Waals surface area contributed by atoms with E-state index in [2.05, 4.69) is 15.6 Å². The molecule has 1 heterocycles. The molecule has 2 rings (SSSR count). The highest BCUT2D eigenvalue weighted by atomic mass is 19.1. The second kappa shape index (κ2) is 5.43. The number of hydrogen-bond acceptors (Lipinski definition) is 3. The Labute approximate surface area is 108 Å². The van der Waals surface area contributed by atoms with E-state index in [1.807, 2.05) is 0 Å². The smallest absolute Gasteiger partial charge is 0.255 e. The van der Waals surface area contributed by atoms with Gasteiger partial charge in [0, 0.05) is 18.8 Å². The first kappa shape index (κ1) is 12.9. The van der Waals surface area contributed by atoms with Crippen LogP contribution in [0.25, 0.3) is 0 Å². The molecule has 0 bridgehead atoms. The van der Waals surface area contributed by atoms with Crippen LogP contribution in [0.2, 0.25) is 0 Å². The summed E-state index contributed by atoms with van der Waals surface area (Å²) >= 11 is 0. The number of anilines is 2. The van der Waals surface area contributed by atoms with Gasteiger partial charge in [0.1, 0.15) is 17.3 Å². The van der Waals surface area contributed by atoms with Gasteiger partial charge in [0.2, 0.25) is 0 Å². The fourth-order valence-corrected chi connectivity index (χ4v) is 1.58. The Balaban J connectivity index is 2.25. The Kier molecular flexibility index (Phi) is 3.70. The number of carbonyl (C=O) groups is 1. The van der Waals surface area contributed by atoms with Crippen LogP contribution in [0.15, 0.2) is 36.7 Å². The van der Waals surface area contributed by atoms with Gasteiger partial charge in [0.15, 0.2) is 0 Å². The van der Waals surface area contributed by atoms with Crippen molar-refractivity contribution < 1.29 is 13.6 Å². The van der Waals surface area contributed by atoms with Gasteiger partial charge in [-0.05, 0) is 24.3 Å². The van der Waals surface area contributed by atoms with Gasteiger partial charge < -0.3 is 10.6 Å². The SMILES string of the molecule is CNc1c(F)cc(C(=O)Nc2cccnc2)cc1F. The van der Waals surface area contributed by atoms with Crippen LogP contribution in [0.1, 0.15) is 10.4 Å². The summed E-state index contributed by atoms with van der Waals surface area (Å²) in [6, 6.07) is 5.21. The molecule has 2 aromatic rings. The zero-order valence-electron chi connectivity index (χ0n) is 10.1. The summed E-state index contributed by atoms with van der Waals surface area (Å²) in [4.78, 5) is 15.6. The number of nitrogens with one attached hydrogen (secondary N) is 2. The second-order valence-corrected chi connectivity index (χ2v) is 3.76. The van der Waals surface area contributed by atoms with Crippen LogP contribution in [0, 0.1) is 11.6 Å². The van der Waals surface area contributed by atoms with Crippen LogP contribution in [0.3, 0.4) is 0 Å². The van der Waals surface area contributed by atoms with E-state index in [1.165, 1.54) is 13.2 Å². The number of amides is 1. The van der Waals surface area contributed by atoms with Crippen LogP contribution in [-0.2, 0) is 0 Å². The number of pyridine rings is 1. The van der Waals surface area contributed by atoms with E-state index < -0.39 is 17.5 Å². The van der Waals surface area contributed by atoms with Crippen molar-refractivity contribution >= 4 is 17.3 Å². The molecule has 0 saturated carbocycles. The van der Waals surface area contributed by atoms with Crippen LogP contribution < -0.4 is 10.6 Å². The molecule has 0 saturated heterocycles. The molecule has 0 spiro atoms. The van der Waals surface area contributed by atoms with E-state index in [4.69, 9.17) is 0 Å². The first-order chi connectivity index (χ1) is 9.11. The molecule has 0 radical (unpaired) electrons. The Morgan fingerprint density at radius 2 is 1.95 bits per heavy atom. The van der Waals surface area contributed by atoms with Gasteiger partial charge in [0.05, 0.1) is 11.9 Å². The minimum Gasteiger partial charge on any atom is -0.383 e. The van der Waals surface area contributed by atoms with Gasteiger partial charge in [-0.3, -0.25) is 9.78 Å². The van der Waals surface area contributed by atoms with Gasteiger partial charge in [-0.1, -0.05) is 0 Å². The third-order valence-electron chi connectivity index (χ3n) is 2.47. The molecular formula is C13H11F2N3O. The first-order valence-electron chi connectivity index (χ1n) is 5.50. The number of hydrogen-bond donors (Lipinski definition) is 2. The lowest BCUT2D eigenvalue weighted by molar-refractivity contribution is 0.102. The summed E-state index contributed by atoms with van der Waals surface area (Å²) in [6.07, 6.45) is 2.99. The molecule has 1 amide bonds. The summed E-state index contributed by atoms with van der Waals surface area (Å²) < 4.78 is 27.0. The maximum atomic E-state index is 13.5. The first-order valence-corrected chi connectivity index (χ1v) is 5.50. The number of carbonyl (C=O) groups excluding carboxylic acids is 1. The lowest BCUT2D eigenvalue weighted by Crippen LogP contribution is -2.13. The predicted molar refractivity (Wildman–Crippen MR) is 68.1 cm³/mol. The molecule has 19 heavy (non-hydrogen) atoms. The van der Waals surface area contributed by atoms with Crippen molar-refractivity contribution in [1.82, 2.24) is 4.98 Å². The Morgan fingerprint density at radius 3 is 2.47 bits per heavy atom. The van der Waals surface area contributed by atoms with Gasteiger partial charge in [-0.15, -0.1) is 0 Å². The quantitative estimate of drug-likeness (QED) is 0.895. The van der Waals surface area contributed by atoms with Crippen molar-refractivity contribution in [2.45, 2.75) is 0 Å². The maximum absolute atomic E-state index is 13.5. The van der Waals surface area contributed by atoms with Gasteiger partial charge in [-0.25, -0.2) is 8.78 Å². The molecule has 0 atom stereocenters. The molecule has 4 nitrogen and oxygen atoms in total. The molecule has 1 aromatic carbocycles. The second-order valence-electron chi connectivity index (χ2n) is 3.76.